The number of unbranched alkanes of at least 4 members (excludes halogenated alkanes) is 1. The number of fused-ring (bicyclic) bond motifs is 1. The second-order valence-corrected chi connectivity index (χ2v) is 5.73. The Labute approximate surface area is 127 Å². The molecule has 1 amide bonds. The first-order valence-corrected chi connectivity index (χ1v) is 7.66. The highest BCUT2D eigenvalue weighted by atomic mass is 79.9. The molecule has 106 valence electrons. The number of hydrogen-bond acceptors (Lipinski definition) is 2. The molecule has 0 bridgehead atoms. The summed E-state index contributed by atoms with van der Waals surface area (Å²) in [7, 11) is 0. The predicted octanol–water partition coefficient (Wildman–Crippen LogP) is 4.06. The zero-order chi connectivity index (χ0) is 14.5. The lowest BCUT2D eigenvalue weighted by Gasteiger charge is -2.14. The van der Waals surface area contributed by atoms with E-state index in [1.807, 2.05) is 36.4 Å². The summed E-state index contributed by atoms with van der Waals surface area (Å²) in [6.45, 7) is 2.09. The lowest BCUT2D eigenvalue weighted by atomic mass is 10.1. The van der Waals surface area contributed by atoms with Crippen LogP contribution in [0.25, 0.3) is 10.8 Å². The van der Waals surface area contributed by atoms with E-state index in [9.17, 15) is 4.79 Å². The second kappa shape index (κ2) is 6.86. The predicted molar refractivity (Wildman–Crippen MR) is 87.8 cm³/mol. The van der Waals surface area contributed by atoms with Gasteiger partial charge in [-0.25, -0.2) is 0 Å². The van der Waals surface area contributed by atoms with Crippen LogP contribution in [0.3, 0.4) is 0 Å². The van der Waals surface area contributed by atoms with Crippen molar-refractivity contribution in [2.75, 3.05) is 5.32 Å². The van der Waals surface area contributed by atoms with Crippen LogP contribution >= 0.6 is 15.9 Å². The number of carbonyl (C=O) groups is 1. The van der Waals surface area contributed by atoms with E-state index < -0.39 is 6.04 Å². The Morgan fingerprint density at radius 3 is 2.65 bits per heavy atom. The molecule has 0 unspecified atom stereocenters. The Hall–Kier alpha value is -1.39. The number of nitrogens with two attached hydrogens (primary N) is 1. The van der Waals surface area contributed by atoms with Gasteiger partial charge in [0.25, 0.3) is 0 Å². The zero-order valence-corrected chi connectivity index (χ0v) is 13.1. The third-order valence-corrected chi connectivity index (χ3v) is 4.03. The highest BCUT2D eigenvalue weighted by Crippen LogP contribution is 2.30. The van der Waals surface area contributed by atoms with Gasteiger partial charge >= 0.3 is 0 Å². The van der Waals surface area contributed by atoms with Gasteiger partial charge < -0.3 is 11.1 Å². The molecule has 0 heterocycles. The number of carbonyl (C=O) groups excluding carboxylic acids is 1. The first kappa shape index (κ1) is 15.0. The lowest BCUT2D eigenvalue weighted by Crippen LogP contribution is -2.35. The maximum atomic E-state index is 12.1. The van der Waals surface area contributed by atoms with Crippen molar-refractivity contribution in [1.82, 2.24) is 0 Å². The van der Waals surface area contributed by atoms with Crippen molar-refractivity contribution in [3.8, 4) is 0 Å². The van der Waals surface area contributed by atoms with E-state index in [-0.39, 0.29) is 5.91 Å². The molecule has 0 fully saturated rings. The summed E-state index contributed by atoms with van der Waals surface area (Å²) >= 11 is 3.52. The minimum absolute atomic E-state index is 0.120. The van der Waals surface area contributed by atoms with E-state index in [2.05, 4.69) is 28.2 Å². The van der Waals surface area contributed by atoms with Gasteiger partial charge in [-0.15, -0.1) is 0 Å². The van der Waals surface area contributed by atoms with Gasteiger partial charge in [0.2, 0.25) is 5.91 Å². The normalized spacial score (nSPS) is 12.3. The van der Waals surface area contributed by atoms with Crippen LogP contribution in [0.2, 0.25) is 0 Å². The molecule has 20 heavy (non-hydrogen) atoms. The number of hydrogen-bond donors (Lipinski definition) is 2. The zero-order valence-electron chi connectivity index (χ0n) is 11.5. The molecule has 0 aliphatic heterocycles. The third kappa shape index (κ3) is 3.38. The van der Waals surface area contributed by atoms with Gasteiger partial charge in [0.15, 0.2) is 0 Å². The van der Waals surface area contributed by atoms with E-state index in [4.69, 9.17) is 5.73 Å². The van der Waals surface area contributed by atoms with Crippen molar-refractivity contribution in [3.63, 3.8) is 0 Å². The van der Waals surface area contributed by atoms with Crippen molar-refractivity contribution in [3.05, 3.63) is 40.9 Å². The van der Waals surface area contributed by atoms with Crippen LogP contribution in [0.15, 0.2) is 40.9 Å². The topological polar surface area (TPSA) is 55.1 Å². The molecule has 2 aromatic carbocycles. The molecule has 0 saturated carbocycles. The summed E-state index contributed by atoms with van der Waals surface area (Å²) in [5, 5.41) is 5.02. The molecule has 0 aromatic heterocycles. The molecular weight excluding hydrogens is 316 g/mol. The van der Waals surface area contributed by atoms with E-state index in [0.717, 1.165) is 40.2 Å². The molecule has 0 aliphatic rings. The summed E-state index contributed by atoms with van der Waals surface area (Å²) in [5.74, 6) is -0.120. The fourth-order valence-corrected chi connectivity index (χ4v) is 2.63. The Bertz CT molecular complexity index is 612. The van der Waals surface area contributed by atoms with Crippen LogP contribution < -0.4 is 11.1 Å². The van der Waals surface area contributed by atoms with Crippen LogP contribution in [-0.4, -0.2) is 11.9 Å². The summed E-state index contributed by atoms with van der Waals surface area (Å²) < 4.78 is 1.02. The van der Waals surface area contributed by atoms with Crippen molar-refractivity contribution in [1.29, 1.82) is 0 Å². The fourth-order valence-electron chi connectivity index (χ4n) is 2.15. The molecule has 4 heteroatoms. The quantitative estimate of drug-likeness (QED) is 0.866. The Kier molecular flexibility index (Phi) is 5.15. The average Bonchev–Trinajstić information content (AvgIpc) is 2.47. The first-order chi connectivity index (χ1) is 9.63. The maximum Gasteiger partial charge on any atom is 0.241 e. The van der Waals surface area contributed by atoms with Crippen molar-refractivity contribution >= 4 is 38.3 Å². The van der Waals surface area contributed by atoms with Crippen LogP contribution in [0.4, 0.5) is 5.69 Å². The number of nitrogens with one attached hydrogen (secondary N) is 1. The molecule has 3 nitrogen and oxygen atoms in total. The largest absolute Gasteiger partial charge is 0.324 e. The molecule has 0 spiro atoms. The van der Waals surface area contributed by atoms with Gasteiger partial charge in [0.1, 0.15) is 0 Å². The lowest BCUT2D eigenvalue weighted by molar-refractivity contribution is -0.117. The number of halogens is 1. The van der Waals surface area contributed by atoms with Crippen LogP contribution in [0.5, 0.6) is 0 Å². The molecule has 0 aliphatic carbocycles. The number of anilines is 1. The van der Waals surface area contributed by atoms with Crippen LogP contribution in [0.1, 0.15) is 26.2 Å². The summed E-state index contributed by atoms with van der Waals surface area (Å²) in [5.41, 5.74) is 6.71. The maximum absolute atomic E-state index is 12.1. The summed E-state index contributed by atoms with van der Waals surface area (Å²) in [4.78, 5) is 12.1. The van der Waals surface area contributed by atoms with Gasteiger partial charge in [-0.2, -0.15) is 0 Å². The number of rotatable bonds is 5. The molecule has 0 radical (unpaired) electrons. The highest BCUT2D eigenvalue weighted by Gasteiger charge is 2.14. The Morgan fingerprint density at radius 2 is 1.95 bits per heavy atom. The van der Waals surface area contributed by atoms with Crippen molar-refractivity contribution in [2.45, 2.75) is 32.2 Å². The fraction of sp³-hybridized carbons (Fsp3) is 0.312. The van der Waals surface area contributed by atoms with Gasteiger partial charge in [0.05, 0.1) is 6.04 Å². The number of amides is 1. The van der Waals surface area contributed by atoms with Gasteiger partial charge in [-0.3, -0.25) is 4.79 Å². The highest BCUT2D eigenvalue weighted by molar-refractivity contribution is 9.10. The molecule has 0 saturated heterocycles. The number of benzene rings is 2. The van der Waals surface area contributed by atoms with Crippen LogP contribution in [0, 0.1) is 0 Å². The standard InChI is InChI=1S/C16H19BrN2O/c1-2-3-8-14(18)16(20)19-15-10-9-13(17)11-6-4-5-7-12(11)15/h4-7,9-10,14H,2-3,8,18H2,1H3,(H,19,20)/t14-/m0/s1. The second-order valence-electron chi connectivity index (χ2n) is 4.88. The molecule has 3 N–H and O–H groups in total. The molecular formula is C16H19BrN2O. The SMILES string of the molecule is CCCC[C@H](N)C(=O)Nc1ccc(Br)c2ccccc12. The van der Waals surface area contributed by atoms with Gasteiger partial charge in [-0.05, 0) is 23.9 Å². The third-order valence-electron chi connectivity index (χ3n) is 3.33. The van der Waals surface area contributed by atoms with Crippen LogP contribution in [-0.2, 0) is 4.79 Å². The average molecular weight is 335 g/mol. The molecule has 2 aromatic rings. The van der Waals surface area contributed by atoms with E-state index >= 15 is 0 Å². The first-order valence-electron chi connectivity index (χ1n) is 6.87. The van der Waals surface area contributed by atoms with E-state index in [1.165, 1.54) is 0 Å². The smallest absolute Gasteiger partial charge is 0.241 e. The molecule has 1 atom stereocenters. The summed E-state index contributed by atoms with van der Waals surface area (Å²) in [6, 6.07) is 11.3. The summed E-state index contributed by atoms with van der Waals surface area (Å²) in [6.07, 6.45) is 2.73. The molecule has 2 rings (SSSR count). The monoisotopic (exact) mass is 334 g/mol. The van der Waals surface area contributed by atoms with Gasteiger partial charge in [-0.1, -0.05) is 60.0 Å². The Morgan fingerprint density at radius 1 is 1.25 bits per heavy atom. The van der Waals surface area contributed by atoms with Crippen molar-refractivity contribution < 1.29 is 4.79 Å². The minimum atomic E-state index is -0.447. The van der Waals surface area contributed by atoms with E-state index in [0.29, 0.717) is 0 Å². The minimum Gasteiger partial charge on any atom is -0.324 e. The van der Waals surface area contributed by atoms with Crippen molar-refractivity contribution in [2.24, 2.45) is 5.73 Å². The Balaban J connectivity index is 2.22. The van der Waals surface area contributed by atoms with E-state index in [1.54, 1.807) is 0 Å². The van der Waals surface area contributed by atoms with Gasteiger partial charge in [0, 0.05) is 15.5 Å².